The molecule has 1 aliphatic heterocycles. The monoisotopic (exact) mass is 336 g/mol. The van der Waals surface area contributed by atoms with Gasteiger partial charge in [-0.1, -0.05) is 22.9 Å². The Morgan fingerprint density at radius 3 is 3.10 bits per heavy atom. The maximum absolute atomic E-state index is 12.6. The summed E-state index contributed by atoms with van der Waals surface area (Å²) in [5, 5.41) is 7.95. The zero-order valence-electron chi connectivity index (χ0n) is 11.3. The van der Waals surface area contributed by atoms with E-state index in [1.165, 1.54) is 0 Å². The number of nitrogens with zero attached hydrogens (tertiary/aromatic N) is 2. The fourth-order valence-electron chi connectivity index (χ4n) is 2.66. The molecule has 20 heavy (non-hydrogen) atoms. The molecule has 0 spiro atoms. The van der Waals surface area contributed by atoms with Crippen LogP contribution in [0.3, 0.4) is 0 Å². The summed E-state index contributed by atoms with van der Waals surface area (Å²) in [7, 11) is 0. The van der Waals surface area contributed by atoms with E-state index in [2.05, 4.69) is 33.1 Å². The molecule has 5 nitrogen and oxygen atoms in total. The molecule has 1 fully saturated rings. The Labute approximate surface area is 125 Å². The first kappa shape index (κ1) is 13.6. The highest BCUT2D eigenvalue weighted by Crippen LogP contribution is 2.30. The van der Waals surface area contributed by atoms with Gasteiger partial charge in [-0.05, 0) is 36.6 Å². The highest BCUT2D eigenvalue weighted by Gasteiger charge is 2.36. The Morgan fingerprint density at radius 2 is 2.40 bits per heavy atom. The van der Waals surface area contributed by atoms with E-state index in [9.17, 15) is 4.79 Å². The summed E-state index contributed by atoms with van der Waals surface area (Å²) in [4.78, 5) is 14.5. The lowest BCUT2D eigenvalue weighted by Crippen LogP contribution is -2.34. The fourth-order valence-corrected chi connectivity index (χ4v) is 3.02. The molecule has 2 aromatic rings. The number of aromatic amines is 1. The molecule has 1 aromatic carbocycles. The van der Waals surface area contributed by atoms with Gasteiger partial charge in [-0.25, -0.2) is 0 Å². The molecule has 0 aliphatic carbocycles. The lowest BCUT2D eigenvalue weighted by molar-refractivity contribution is 0.0773. The van der Waals surface area contributed by atoms with E-state index in [0.29, 0.717) is 18.8 Å². The summed E-state index contributed by atoms with van der Waals surface area (Å²) in [5.41, 5.74) is 7.18. The summed E-state index contributed by atoms with van der Waals surface area (Å²) in [5.74, 6) is -0.0217. The molecule has 1 saturated heterocycles. The maximum atomic E-state index is 12.6. The van der Waals surface area contributed by atoms with Gasteiger partial charge >= 0.3 is 0 Å². The zero-order chi connectivity index (χ0) is 14.3. The van der Waals surface area contributed by atoms with Crippen LogP contribution in [0.25, 0.3) is 10.9 Å². The van der Waals surface area contributed by atoms with Crippen LogP contribution in [0.1, 0.15) is 23.8 Å². The standard InChI is InChI=1S/C14H17BrN4O/c1-14(7-16)4-5-19(8-14)13(20)12-10-6-9(15)2-3-11(10)17-18-12/h2-3,6H,4-5,7-8,16H2,1H3,(H,17,18). The SMILES string of the molecule is CC1(CN)CCN(C(=O)c2n[nH]c3ccc(Br)cc23)C1. The van der Waals surface area contributed by atoms with E-state index in [1.807, 2.05) is 23.1 Å². The van der Waals surface area contributed by atoms with Crippen LogP contribution in [-0.4, -0.2) is 40.6 Å². The Morgan fingerprint density at radius 1 is 1.60 bits per heavy atom. The Balaban J connectivity index is 1.92. The number of carbonyl (C=O) groups excluding carboxylic acids is 1. The zero-order valence-corrected chi connectivity index (χ0v) is 12.9. The number of benzene rings is 1. The molecule has 0 bridgehead atoms. The third kappa shape index (κ3) is 2.23. The highest BCUT2D eigenvalue weighted by molar-refractivity contribution is 9.10. The van der Waals surface area contributed by atoms with Crippen molar-refractivity contribution in [3.63, 3.8) is 0 Å². The third-order valence-corrected chi connectivity index (χ3v) is 4.56. The van der Waals surface area contributed by atoms with Crippen LogP contribution in [0.5, 0.6) is 0 Å². The second kappa shape index (κ2) is 4.86. The number of halogens is 1. The maximum Gasteiger partial charge on any atom is 0.275 e. The minimum atomic E-state index is -0.0217. The van der Waals surface area contributed by atoms with Crippen molar-refractivity contribution in [1.82, 2.24) is 15.1 Å². The van der Waals surface area contributed by atoms with Crippen molar-refractivity contribution >= 4 is 32.7 Å². The second-order valence-corrected chi connectivity index (χ2v) is 6.67. The Bertz CT molecular complexity index is 668. The van der Waals surface area contributed by atoms with Gasteiger partial charge in [0.05, 0.1) is 5.52 Å². The first-order valence-corrected chi connectivity index (χ1v) is 7.45. The van der Waals surface area contributed by atoms with Crippen LogP contribution in [0.15, 0.2) is 22.7 Å². The quantitative estimate of drug-likeness (QED) is 0.882. The predicted molar refractivity (Wildman–Crippen MR) is 81.5 cm³/mol. The highest BCUT2D eigenvalue weighted by atomic mass is 79.9. The molecule has 2 heterocycles. The molecule has 0 radical (unpaired) electrons. The summed E-state index contributed by atoms with van der Waals surface area (Å²) < 4.78 is 0.939. The number of nitrogens with two attached hydrogens (primary N) is 1. The van der Waals surface area contributed by atoms with Crippen LogP contribution < -0.4 is 5.73 Å². The van der Waals surface area contributed by atoms with Crippen LogP contribution in [-0.2, 0) is 0 Å². The van der Waals surface area contributed by atoms with E-state index < -0.39 is 0 Å². The molecule has 3 N–H and O–H groups in total. The molecule has 1 aromatic heterocycles. The third-order valence-electron chi connectivity index (χ3n) is 4.07. The summed E-state index contributed by atoms with van der Waals surface area (Å²) in [6, 6.07) is 5.76. The molecule has 6 heteroatoms. The topological polar surface area (TPSA) is 75.0 Å². The number of carbonyl (C=O) groups is 1. The van der Waals surface area contributed by atoms with Gasteiger partial charge in [0.25, 0.3) is 5.91 Å². The van der Waals surface area contributed by atoms with E-state index in [0.717, 1.165) is 28.3 Å². The van der Waals surface area contributed by atoms with Crippen LogP contribution in [0, 0.1) is 5.41 Å². The van der Waals surface area contributed by atoms with Crippen molar-refractivity contribution in [1.29, 1.82) is 0 Å². The first-order chi connectivity index (χ1) is 9.52. The van der Waals surface area contributed by atoms with Crippen LogP contribution in [0.4, 0.5) is 0 Å². The normalized spacial score (nSPS) is 22.6. The minimum Gasteiger partial charge on any atom is -0.337 e. The van der Waals surface area contributed by atoms with Crippen LogP contribution in [0.2, 0.25) is 0 Å². The summed E-state index contributed by atoms with van der Waals surface area (Å²) in [6.07, 6.45) is 0.946. The van der Waals surface area contributed by atoms with E-state index in [1.54, 1.807) is 0 Å². The largest absolute Gasteiger partial charge is 0.337 e. The van der Waals surface area contributed by atoms with Crippen LogP contribution >= 0.6 is 15.9 Å². The number of aromatic nitrogens is 2. The smallest absolute Gasteiger partial charge is 0.275 e. The molecule has 3 rings (SSSR count). The van der Waals surface area contributed by atoms with Crippen molar-refractivity contribution in [2.75, 3.05) is 19.6 Å². The van der Waals surface area contributed by atoms with Gasteiger partial charge < -0.3 is 10.6 Å². The number of nitrogens with one attached hydrogen (secondary N) is 1. The minimum absolute atomic E-state index is 0.0217. The van der Waals surface area contributed by atoms with E-state index in [-0.39, 0.29) is 11.3 Å². The summed E-state index contributed by atoms with van der Waals surface area (Å²) >= 11 is 3.43. The second-order valence-electron chi connectivity index (χ2n) is 5.75. The van der Waals surface area contributed by atoms with Crippen molar-refractivity contribution in [3.05, 3.63) is 28.4 Å². The van der Waals surface area contributed by atoms with E-state index in [4.69, 9.17) is 5.73 Å². The lowest BCUT2D eigenvalue weighted by Gasteiger charge is -2.22. The first-order valence-electron chi connectivity index (χ1n) is 6.65. The van der Waals surface area contributed by atoms with Crippen molar-refractivity contribution < 1.29 is 4.79 Å². The number of amides is 1. The fraction of sp³-hybridized carbons (Fsp3) is 0.429. The van der Waals surface area contributed by atoms with Crippen molar-refractivity contribution in [2.45, 2.75) is 13.3 Å². The number of hydrogen-bond acceptors (Lipinski definition) is 3. The van der Waals surface area contributed by atoms with Crippen molar-refractivity contribution in [2.24, 2.45) is 11.1 Å². The van der Waals surface area contributed by atoms with Gasteiger partial charge in [-0.15, -0.1) is 0 Å². The van der Waals surface area contributed by atoms with Gasteiger partial charge in [0.15, 0.2) is 5.69 Å². The Kier molecular flexibility index (Phi) is 3.30. The molecule has 1 atom stereocenters. The molecule has 1 amide bonds. The van der Waals surface area contributed by atoms with Gasteiger partial charge in [0.2, 0.25) is 0 Å². The number of likely N-dealkylation sites (tertiary alicyclic amines) is 1. The lowest BCUT2D eigenvalue weighted by atomic mass is 9.90. The average molecular weight is 337 g/mol. The predicted octanol–water partition coefficient (Wildman–Crippen LogP) is 2.14. The molecule has 106 valence electrons. The van der Waals surface area contributed by atoms with Crippen molar-refractivity contribution in [3.8, 4) is 0 Å². The molecule has 0 saturated carbocycles. The van der Waals surface area contributed by atoms with E-state index >= 15 is 0 Å². The molecular weight excluding hydrogens is 320 g/mol. The molecular formula is C14H17BrN4O. The number of hydrogen-bond donors (Lipinski definition) is 2. The summed E-state index contributed by atoms with van der Waals surface area (Å²) in [6.45, 7) is 4.17. The number of fused-ring (bicyclic) bond motifs is 1. The average Bonchev–Trinajstić information content (AvgIpc) is 3.02. The molecule has 1 unspecified atom stereocenters. The van der Waals surface area contributed by atoms with Gasteiger partial charge in [0.1, 0.15) is 0 Å². The van der Waals surface area contributed by atoms with Gasteiger partial charge in [-0.2, -0.15) is 5.10 Å². The number of H-pyrrole nitrogens is 1. The van der Waals surface area contributed by atoms with Gasteiger partial charge in [-0.3, -0.25) is 9.89 Å². The molecule has 1 aliphatic rings. The number of rotatable bonds is 2. The van der Waals surface area contributed by atoms with Gasteiger partial charge in [0, 0.05) is 22.9 Å². The Hall–Kier alpha value is -1.40.